The first-order chi connectivity index (χ1) is 13.9. The fourth-order valence-corrected chi connectivity index (χ4v) is 6.14. The summed E-state index contributed by atoms with van der Waals surface area (Å²) in [5.41, 5.74) is 0.534. The summed E-state index contributed by atoms with van der Waals surface area (Å²) in [5, 5.41) is 6.54. The molecule has 4 fully saturated rings. The fourth-order valence-electron chi connectivity index (χ4n) is 6.14. The van der Waals surface area contributed by atoms with Crippen molar-refractivity contribution in [1.29, 1.82) is 0 Å². The van der Waals surface area contributed by atoms with E-state index in [1.54, 1.807) is 24.5 Å². The summed E-state index contributed by atoms with van der Waals surface area (Å²) in [6.45, 7) is 1.85. The lowest BCUT2D eigenvalue weighted by molar-refractivity contribution is -0.0449. The Balaban J connectivity index is 1.38. The molecule has 8 nitrogen and oxygen atoms in total. The Hall–Kier alpha value is -2.90. The van der Waals surface area contributed by atoms with E-state index in [1.165, 1.54) is 12.7 Å². The van der Waals surface area contributed by atoms with E-state index in [4.69, 9.17) is 0 Å². The van der Waals surface area contributed by atoms with Gasteiger partial charge in [-0.2, -0.15) is 0 Å². The largest absolute Gasteiger partial charge is 0.345 e. The monoisotopic (exact) mass is 392 g/mol. The van der Waals surface area contributed by atoms with Crippen molar-refractivity contribution in [3.63, 3.8) is 0 Å². The van der Waals surface area contributed by atoms with Gasteiger partial charge in [0.25, 0.3) is 11.8 Å². The van der Waals surface area contributed by atoms with E-state index in [0.29, 0.717) is 17.5 Å². The van der Waals surface area contributed by atoms with Crippen LogP contribution < -0.4 is 10.6 Å². The van der Waals surface area contributed by atoms with Gasteiger partial charge >= 0.3 is 0 Å². The summed E-state index contributed by atoms with van der Waals surface area (Å²) in [5.74, 6) is 0.812. The summed E-state index contributed by atoms with van der Waals surface area (Å²) in [4.78, 5) is 42.1. The molecule has 2 heterocycles. The van der Waals surface area contributed by atoms with Gasteiger partial charge in [0.1, 0.15) is 12.0 Å². The van der Waals surface area contributed by atoms with E-state index in [9.17, 15) is 9.59 Å². The SMILES string of the molecule is Cc1ccnc(C(=O)NC23CC4CC(CC(NC(=O)c5ccncn5)(C4)C2)C3)n1. The van der Waals surface area contributed by atoms with Crippen LogP contribution in [0.1, 0.15) is 65.3 Å². The van der Waals surface area contributed by atoms with Crippen LogP contribution in [-0.4, -0.2) is 42.8 Å². The van der Waals surface area contributed by atoms with Gasteiger partial charge in [-0.05, 0) is 69.4 Å². The van der Waals surface area contributed by atoms with Crippen LogP contribution in [0, 0.1) is 18.8 Å². The van der Waals surface area contributed by atoms with E-state index < -0.39 is 0 Å². The van der Waals surface area contributed by atoms with Crippen molar-refractivity contribution in [3.05, 3.63) is 48.1 Å². The molecule has 2 atom stereocenters. The number of hydrogen-bond donors (Lipinski definition) is 2. The van der Waals surface area contributed by atoms with Crippen molar-refractivity contribution >= 4 is 11.8 Å². The predicted octanol–water partition coefficient (Wildman–Crippen LogP) is 1.83. The van der Waals surface area contributed by atoms with Gasteiger partial charge in [0.05, 0.1) is 0 Å². The van der Waals surface area contributed by atoms with Crippen molar-refractivity contribution in [2.45, 2.75) is 56.5 Å². The quantitative estimate of drug-likeness (QED) is 0.821. The van der Waals surface area contributed by atoms with Crippen LogP contribution in [0.5, 0.6) is 0 Å². The van der Waals surface area contributed by atoms with Crippen LogP contribution in [0.15, 0.2) is 30.9 Å². The predicted molar refractivity (Wildman–Crippen MR) is 104 cm³/mol. The highest BCUT2D eigenvalue weighted by Gasteiger charge is 2.59. The molecular formula is C21H24N6O2. The molecule has 8 heteroatoms. The number of amides is 2. The average Bonchev–Trinajstić information content (AvgIpc) is 2.67. The first-order valence-corrected chi connectivity index (χ1v) is 10.2. The molecule has 4 aliphatic carbocycles. The number of aryl methyl sites for hydroxylation is 1. The third-order valence-corrected chi connectivity index (χ3v) is 6.63. The Kier molecular flexibility index (Phi) is 4.11. The molecule has 29 heavy (non-hydrogen) atoms. The standard InChI is InChI=1S/C21H24N6O2/c1-13-2-5-23-17(25-13)19(29)27-21-9-14-6-15(10-21)8-20(7-14,11-21)26-18(28)16-3-4-22-12-24-16/h2-5,12,14-15H,6-11H2,1H3,(H,26,28)(H,27,29). The number of hydrogen-bond acceptors (Lipinski definition) is 6. The molecule has 2 aromatic rings. The zero-order chi connectivity index (χ0) is 20.1. The normalized spacial score (nSPS) is 32.0. The second-order valence-corrected chi connectivity index (χ2v) is 9.05. The minimum atomic E-state index is -0.312. The van der Waals surface area contributed by atoms with Gasteiger partial charge < -0.3 is 10.6 Å². The average molecular weight is 392 g/mol. The van der Waals surface area contributed by atoms with Crippen molar-refractivity contribution < 1.29 is 9.59 Å². The van der Waals surface area contributed by atoms with Crippen molar-refractivity contribution in [2.24, 2.45) is 11.8 Å². The summed E-state index contributed by atoms with van der Waals surface area (Å²) in [7, 11) is 0. The van der Waals surface area contributed by atoms with Gasteiger partial charge in [-0.1, -0.05) is 0 Å². The molecule has 0 aromatic carbocycles. The zero-order valence-electron chi connectivity index (χ0n) is 16.4. The Morgan fingerprint density at radius 3 is 2.28 bits per heavy atom. The molecule has 4 bridgehead atoms. The van der Waals surface area contributed by atoms with Gasteiger partial charge in [0.15, 0.2) is 0 Å². The number of aromatic nitrogens is 4. The molecule has 4 saturated carbocycles. The number of carbonyl (C=O) groups excluding carboxylic acids is 2. The molecule has 2 aromatic heterocycles. The maximum absolute atomic E-state index is 12.9. The maximum atomic E-state index is 12.9. The molecule has 2 amide bonds. The summed E-state index contributed by atoms with van der Waals surface area (Å²) >= 11 is 0. The molecule has 4 aliphatic rings. The highest BCUT2D eigenvalue weighted by Crippen LogP contribution is 2.57. The minimum absolute atomic E-state index is 0.169. The number of carbonyl (C=O) groups is 2. The van der Waals surface area contributed by atoms with Crippen molar-refractivity contribution in [2.75, 3.05) is 0 Å². The second kappa shape index (κ2) is 6.57. The van der Waals surface area contributed by atoms with Crippen LogP contribution in [0.2, 0.25) is 0 Å². The smallest absolute Gasteiger partial charge is 0.289 e. The highest BCUT2D eigenvalue weighted by molar-refractivity contribution is 5.93. The molecule has 150 valence electrons. The molecule has 0 radical (unpaired) electrons. The van der Waals surface area contributed by atoms with Crippen LogP contribution in [-0.2, 0) is 0 Å². The molecule has 6 rings (SSSR count). The lowest BCUT2D eigenvalue weighted by Gasteiger charge is -2.62. The van der Waals surface area contributed by atoms with Crippen LogP contribution in [0.25, 0.3) is 0 Å². The minimum Gasteiger partial charge on any atom is -0.345 e. The molecule has 0 saturated heterocycles. The van der Waals surface area contributed by atoms with E-state index in [0.717, 1.165) is 37.8 Å². The highest BCUT2D eigenvalue weighted by atomic mass is 16.2. The second-order valence-electron chi connectivity index (χ2n) is 9.05. The number of nitrogens with one attached hydrogen (secondary N) is 2. The third kappa shape index (κ3) is 3.36. The lowest BCUT2D eigenvalue weighted by atomic mass is 9.50. The summed E-state index contributed by atoms with van der Waals surface area (Å²) < 4.78 is 0. The Morgan fingerprint density at radius 1 is 0.966 bits per heavy atom. The summed E-state index contributed by atoms with van der Waals surface area (Å²) in [6, 6.07) is 3.40. The Bertz CT molecular complexity index is 949. The topological polar surface area (TPSA) is 110 Å². The first kappa shape index (κ1) is 18.1. The van der Waals surface area contributed by atoms with Gasteiger partial charge in [-0.15, -0.1) is 0 Å². The van der Waals surface area contributed by atoms with Gasteiger partial charge in [0.2, 0.25) is 5.82 Å². The molecule has 2 unspecified atom stereocenters. The Labute approximate surface area is 169 Å². The van der Waals surface area contributed by atoms with E-state index in [1.807, 2.05) is 6.92 Å². The maximum Gasteiger partial charge on any atom is 0.289 e. The van der Waals surface area contributed by atoms with Crippen LogP contribution in [0.4, 0.5) is 0 Å². The van der Waals surface area contributed by atoms with E-state index in [-0.39, 0.29) is 28.7 Å². The van der Waals surface area contributed by atoms with Crippen LogP contribution in [0.3, 0.4) is 0 Å². The van der Waals surface area contributed by atoms with Gasteiger partial charge in [-0.3, -0.25) is 9.59 Å². The van der Waals surface area contributed by atoms with Crippen molar-refractivity contribution in [3.8, 4) is 0 Å². The van der Waals surface area contributed by atoms with Gasteiger partial charge in [0, 0.05) is 29.2 Å². The summed E-state index contributed by atoms with van der Waals surface area (Å²) in [6.07, 6.45) is 10.3. The molecular weight excluding hydrogens is 368 g/mol. The molecule has 2 N–H and O–H groups in total. The molecule has 0 aliphatic heterocycles. The zero-order valence-corrected chi connectivity index (χ0v) is 16.4. The van der Waals surface area contributed by atoms with E-state index >= 15 is 0 Å². The van der Waals surface area contributed by atoms with E-state index in [2.05, 4.69) is 30.6 Å². The number of rotatable bonds is 4. The molecule has 0 spiro atoms. The van der Waals surface area contributed by atoms with Gasteiger partial charge in [-0.25, -0.2) is 19.9 Å². The first-order valence-electron chi connectivity index (χ1n) is 10.2. The lowest BCUT2D eigenvalue weighted by Crippen LogP contribution is -2.70. The third-order valence-electron chi connectivity index (χ3n) is 6.63. The van der Waals surface area contributed by atoms with Crippen LogP contribution >= 0.6 is 0 Å². The fraction of sp³-hybridized carbons (Fsp3) is 0.524. The number of nitrogens with zero attached hydrogens (tertiary/aromatic N) is 4. The Morgan fingerprint density at radius 2 is 1.66 bits per heavy atom. The van der Waals surface area contributed by atoms with Crippen molar-refractivity contribution in [1.82, 2.24) is 30.6 Å².